The van der Waals surface area contributed by atoms with E-state index in [2.05, 4.69) is 39.5 Å². The van der Waals surface area contributed by atoms with Gasteiger partial charge in [-0.3, -0.25) is 9.69 Å². The van der Waals surface area contributed by atoms with E-state index in [0.29, 0.717) is 5.13 Å². The Morgan fingerprint density at radius 3 is 3.15 bits per heavy atom. The average Bonchev–Trinajstić information content (AvgIpc) is 3.10. The van der Waals surface area contributed by atoms with Gasteiger partial charge in [0.25, 0.3) is 0 Å². The van der Waals surface area contributed by atoms with E-state index in [4.69, 9.17) is 4.74 Å². The van der Waals surface area contributed by atoms with E-state index in [1.165, 1.54) is 23.8 Å². The highest BCUT2D eigenvalue weighted by atomic mass is 32.1. The van der Waals surface area contributed by atoms with Crippen molar-refractivity contribution < 1.29 is 9.53 Å². The number of anilines is 1. The van der Waals surface area contributed by atoms with Crippen molar-refractivity contribution in [3.8, 4) is 5.75 Å². The molecule has 1 aromatic carbocycles. The van der Waals surface area contributed by atoms with E-state index in [1.807, 2.05) is 23.6 Å². The van der Waals surface area contributed by atoms with Gasteiger partial charge in [-0.25, -0.2) is 4.98 Å². The van der Waals surface area contributed by atoms with Crippen LogP contribution in [-0.4, -0.2) is 42.5 Å². The molecule has 2 aromatic rings. The Bertz CT molecular complexity index is 826. The highest BCUT2D eigenvalue weighted by Gasteiger charge is 2.15. The van der Waals surface area contributed by atoms with Gasteiger partial charge in [-0.2, -0.15) is 0 Å². The lowest BCUT2D eigenvalue weighted by molar-refractivity contribution is -0.114. The van der Waals surface area contributed by atoms with Gasteiger partial charge in [0.15, 0.2) is 5.13 Å². The number of hydrogen-bond donors (Lipinski definition) is 1. The lowest BCUT2D eigenvalue weighted by Crippen LogP contribution is -2.29. The summed E-state index contributed by atoms with van der Waals surface area (Å²) in [7, 11) is 1.68. The van der Waals surface area contributed by atoms with E-state index in [-0.39, 0.29) is 5.91 Å². The first-order valence-electron chi connectivity index (χ1n) is 8.59. The fraction of sp³-hybridized carbons (Fsp3) is 0.300. The van der Waals surface area contributed by atoms with Crippen molar-refractivity contribution in [1.29, 1.82) is 0 Å². The zero-order valence-electron chi connectivity index (χ0n) is 15.1. The van der Waals surface area contributed by atoms with Crippen LogP contribution in [0.25, 0.3) is 11.6 Å². The summed E-state index contributed by atoms with van der Waals surface area (Å²) in [5, 5.41) is 5.41. The minimum Gasteiger partial charge on any atom is -0.497 e. The molecule has 3 rings (SSSR count). The first kappa shape index (κ1) is 18.4. The highest BCUT2D eigenvalue weighted by Crippen LogP contribution is 2.25. The number of ether oxygens (including phenoxy) is 1. The lowest BCUT2D eigenvalue weighted by Gasteiger charge is -2.25. The first-order valence-corrected chi connectivity index (χ1v) is 9.47. The number of thiazole rings is 1. The number of methoxy groups -OCH3 is 1. The van der Waals surface area contributed by atoms with Crippen LogP contribution in [0.1, 0.15) is 24.6 Å². The predicted octanol–water partition coefficient (Wildman–Crippen LogP) is 3.91. The number of benzene rings is 1. The zero-order valence-corrected chi connectivity index (χ0v) is 15.9. The molecule has 0 bridgehead atoms. The number of nitrogens with zero attached hydrogens (tertiary/aromatic N) is 2. The molecule has 1 amide bonds. The minimum atomic E-state index is -0.0900. The van der Waals surface area contributed by atoms with Gasteiger partial charge in [-0.15, -0.1) is 11.3 Å². The number of amides is 1. The number of aromatic nitrogens is 1. The molecular weight excluding hydrogens is 346 g/mol. The summed E-state index contributed by atoms with van der Waals surface area (Å²) in [5.41, 5.74) is 3.32. The highest BCUT2D eigenvalue weighted by molar-refractivity contribution is 7.14. The Balaban J connectivity index is 1.57. The van der Waals surface area contributed by atoms with E-state index >= 15 is 0 Å². The molecule has 0 spiro atoms. The molecule has 0 atom stereocenters. The second kappa shape index (κ2) is 8.78. The molecule has 1 aliphatic rings. The normalized spacial score (nSPS) is 15.1. The van der Waals surface area contributed by atoms with Crippen molar-refractivity contribution in [3.05, 3.63) is 53.1 Å². The fourth-order valence-corrected chi connectivity index (χ4v) is 3.64. The first-order chi connectivity index (χ1) is 12.6. The SMILES string of the molecule is COc1cccc(C=CCN2CCC=C(c3csc(NC(C)=O)n3)C2)c1. The summed E-state index contributed by atoms with van der Waals surface area (Å²) >= 11 is 1.46. The molecule has 1 aromatic heterocycles. The molecule has 0 aliphatic carbocycles. The molecule has 0 unspecified atom stereocenters. The molecule has 0 saturated heterocycles. The van der Waals surface area contributed by atoms with Crippen molar-refractivity contribution in [1.82, 2.24) is 9.88 Å². The van der Waals surface area contributed by atoms with Crippen molar-refractivity contribution in [2.45, 2.75) is 13.3 Å². The van der Waals surface area contributed by atoms with Gasteiger partial charge in [0.2, 0.25) is 5.91 Å². The third-order valence-electron chi connectivity index (χ3n) is 4.11. The quantitative estimate of drug-likeness (QED) is 0.839. The third kappa shape index (κ3) is 5.03. The molecule has 6 heteroatoms. The molecule has 26 heavy (non-hydrogen) atoms. The van der Waals surface area contributed by atoms with Gasteiger partial charge in [0, 0.05) is 31.9 Å². The van der Waals surface area contributed by atoms with Crippen molar-refractivity contribution in [2.24, 2.45) is 0 Å². The van der Waals surface area contributed by atoms with Gasteiger partial charge in [-0.1, -0.05) is 30.4 Å². The van der Waals surface area contributed by atoms with Crippen LogP contribution < -0.4 is 10.1 Å². The van der Waals surface area contributed by atoms with Crippen molar-refractivity contribution >= 4 is 34.0 Å². The molecule has 0 saturated carbocycles. The Labute approximate surface area is 158 Å². The summed E-state index contributed by atoms with van der Waals surface area (Å²) in [5.74, 6) is 0.779. The number of hydrogen-bond acceptors (Lipinski definition) is 5. The molecule has 136 valence electrons. The molecule has 1 N–H and O–H groups in total. The number of carbonyl (C=O) groups is 1. The molecule has 2 heterocycles. The van der Waals surface area contributed by atoms with Crippen LogP contribution in [0.5, 0.6) is 5.75 Å². The minimum absolute atomic E-state index is 0.0900. The van der Waals surface area contributed by atoms with E-state index in [9.17, 15) is 4.79 Å². The Morgan fingerprint density at radius 2 is 2.35 bits per heavy atom. The van der Waals surface area contributed by atoms with Crippen LogP contribution in [0.3, 0.4) is 0 Å². The lowest BCUT2D eigenvalue weighted by atomic mass is 10.1. The largest absolute Gasteiger partial charge is 0.497 e. The number of rotatable bonds is 6. The van der Waals surface area contributed by atoms with Gasteiger partial charge in [-0.05, 0) is 29.7 Å². The van der Waals surface area contributed by atoms with Crippen LogP contribution in [0.15, 0.2) is 41.8 Å². The van der Waals surface area contributed by atoms with Gasteiger partial charge < -0.3 is 10.1 Å². The molecule has 5 nitrogen and oxygen atoms in total. The Hall–Kier alpha value is -2.44. The summed E-state index contributed by atoms with van der Waals surface area (Å²) < 4.78 is 5.26. The molecule has 0 fully saturated rings. The van der Waals surface area contributed by atoms with Crippen LogP contribution in [0, 0.1) is 0 Å². The molecule has 0 radical (unpaired) electrons. The summed E-state index contributed by atoms with van der Waals surface area (Å²) in [6.07, 6.45) is 7.56. The van der Waals surface area contributed by atoms with Gasteiger partial charge in [0.1, 0.15) is 5.75 Å². The van der Waals surface area contributed by atoms with Gasteiger partial charge in [0.05, 0.1) is 12.8 Å². The Kier molecular flexibility index (Phi) is 6.20. The second-order valence-electron chi connectivity index (χ2n) is 6.15. The van der Waals surface area contributed by atoms with E-state index < -0.39 is 0 Å². The average molecular weight is 369 g/mol. The third-order valence-corrected chi connectivity index (χ3v) is 4.87. The van der Waals surface area contributed by atoms with Crippen LogP contribution in [0.4, 0.5) is 5.13 Å². The number of carbonyl (C=O) groups excluding carboxylic acids is 1. The summed E-state index contributed by atoms with van der Waals surface area (Å²) in [4.78, 5) is 18.1. The van der Waals surface area contributed by atoms with Crippen molar-refractivity contribution in [2.75, 3.05) is 32.1 Å². The summed E-state index contributed by atoms with van der Waals surface area (Å²) in [6.45, 7) is 4.29. The standard InChI is InChI=1S/C20H23N3O2S/c1-15(24)21-20-22-19(14-26-20)17-8-5-11-23(13-17)10-4-7-16-6-3-9-18(12-16)25-2/h3-4,6-9,12,14H,5,10-11,13H2,1-2H3,(H,21,22,24). The maximum Gasteiger partial charge on any atom is 0.223 e. The van der Waals surface area contributed by atoms with Crippen LogP contribution in [0.2, 0.25) is 0 Å². The van der Waals surface area contributed by atoms with Crippen molar-refractivity contribution in [3.63, 3.8) is 0 Å². The number of nitrogens with one attached hydrogen (secondary N) is 1. The topological polar surface area (TPSA) is 54.5 Å². The maximum atomic E-state index is 11.1. The molecule has 1 aliphatic heterocycles. The molecular formula is C20H23N3O2S. The van der Waals surface area contributed by atoms with E-state index in [1.54, 1.807) is 7.11 Å². The predicted molar refractivity (Wildman–Crippen MR) is 107 cm³/mol. The van der Waals surface area contributed by atoms with Gasteiger partial charge >= 0.3 is 0 Å². The van der Waals surface area contributed by atoms with E-state index in [0.717, 1.165) is 43.1 Å². The maximum absolute atomic E-state index is 11.1. The monoisotopic (exact) mass is 369 g/mol. The Morgan fingerprint density at radius 1 is 1.46 bits per heavy atom. The smallest absolute Gasteiger partial charge is 0.223 e. The fourth-order valence-electron chi connectivity index (χ4n) is 2.86. The van der Waals surface area contributed by atoms with Crippen LogP contribution >= 0.6 is 11.3 Å². The summed E-state index contributed by atoms with van der Waals surface area (Å²) in [6, 6.07) is 8.04. The second-order valence-corrected chi connectivity index (χ2v) is 7.01. The zero-order chi connectivity index (χ0) is 18.4. The van der Waals surface area contributed by atoms with Crippen LogP contribution in [-0.2, 0) is 4.79 Å².